The zero-order valence-electron chi connectivity index (χ0n) is 11.6. The van der Waals surface area contributed by atoms with Crippen LogP contribution in [0.1, 0.15) is 31.2 Å². The molecule has 0 aliphatic heterocycles. The molecule has 0 aromatic heterocycles. The molecule has 0 heterocycles. The van der Waals surface area contributed by atoms with Crippen LogP contribution in [0.2, 0.25) is 0 Å². The number of thioether (sulfide) groups is 1. The summed E-state index contributed by atoms with van der Waals surface area (Å²) in [7, 11) is 0. The maximum Gasteiger partial charge on any atom is 0.269 e. The van der Waals surface area contributed by atoms with Gasteiger partial charge in [0.05, 0.1) is 4.92 Å². The first-order valence-corrected chi connectivity index (χ1v) is 8.02. The van der Waals surface area contributed by atoms with Crippen molar-refractivity contribution in [2.45, 2.75) is 32.6 Å². The van der Waals surface area contributed by atoms with E-state index < -0.39 is 0 Å². The Bertz CT molecular complexity index is 410. The van der Waals surface area contributed by atoms with Gasteiger partial charge in [-0.15, -0.1) is 0 Å². The highest BCUT2D eigenvalue weighted by Crippen LogP contribution is 2.21. The van der Waals surface area contributed by atoms with Gasteiger partial charge in [0.15, 0.2) is 0 Å². The van der Waals surface area contributed by atoms with E-state index in [1.807, 2.05) is 18.7 Å². The Morgan fingerprint density at radius 2 is 2.00 bits per heavy atom. The average molecular weight is 282 g/mol. The summed E-state index contributed by atoms with van der Waals surface area (Å²) in [5.41, 5.74) is 2.08. The molecule has 4 nitrogen and oxygen atoms in total. The molecular formula is C14H22N2O2S. The molecule has 0 unspecified atom stereocenters. The molecule has 0 bridgehead atoms. The van der Waals surface area contributed by atoms with Crippen LogP contribution >= 0.6 is 11.8 Å². The molecule has 1 rings (SSSR count). The van der Waals surface area contributed by atoms with Gasteiger partial charge in [-0.3, -0.25) is 10.1 Å². The van der Waals surface area contributed by atoms with Gasteiger partial charge < -0.3 is 5.32 Å². The number of nitrogens with one attached hydrogen (secondary N) is 1. The maximum atomic E-state index is 10.6. The van der Waals surface area contributed by atoms with Gasteiger partial charge >= 0.3 is 0 Å². The third-order valence-corrected chi connectivity index (χ3v) is 3.71. The minimum Gasteiger partial charge on any atom is -0.385 e. The summed E-state index contributed by atoms with van der Waals surface area (Å²) in [6.45, 7) is 2.83. The SMILES string of the molecule is CSCCCCCCNc1ccc([N+](=O)[O-])cc1C. The summed E-state index contributed by atoms with van der Waals surface area (Å²) in [5.74, 6) is 1.24. The summed E-state index contributed by atoms with van der Waals surface area (Å²) < 4.78 is 0. The Morgan fingerprint density at radius 1 is 1.26 bits per heavy atom. The largest absolute Gasteiger partial charge is 0.385 e. The number of anilines is 1. The molecule has 106 valence electrons. The van der Waals surface area contributed by atoms with Crippen molar-refractivity contribution in [1.29, 1.82) is 0 Å². The highest BCUT2D eigenvalue weighted by atomic mass is 32.2. The van der Waals surface area contributed by atoms with Gasteiger partial charge in [0.2, 0.25) is 0 Å². The minimum absolute atomic E-state index is 0.153. The molecular weight excluding hydrogens is 260 g/mol. The fourth-order valence-corrected chi connectivity index (χ4v) is 2.40. The molecule has 1 aromatic carbocycles. The van der Waals surface area contributed by atoms with Crippen molar-refractivity contribution in [2.24, 2.45) is 0 Å². The average Bonchev–Trinajstić information content (AvgIpc) is 2.39. The normalized spacial score (nSPS) is 10.4. The van der Waals surface area contributed by atoms with Crippen molar-refractivity contribution >= 4 is 23.1 Å². The summed E-state index contributed by atoms with van der Waals surface area (Å²) in [5, 5.41) is 14.0. The molecule has 0 spiro atoms. The number of benzene rings is 1. The quantitative estimate of drug-likeness (QED) is 0.418. The fourth-order valence-electron chi connectivity index (χ4n) is 1.91. The number of rotatable bonds is 9. The Balaban J connectivity index is 2.28. The van der Waals surface area contributed by atoms with Crippen molar-refractivity contribution < 1.29 is 4.92 Å². The fraction of sp³-hybridized carbons (Fsp3) is 0.571. The van der Waals surface area contributed by atoms with Crippen LogP contribution in [0.25, 0.3) is 0 Å². The van der Waals surface area contributed by atoms with E-state index in [-0.39, 0.29) is 10.6 Å². The lowest BCUT2D eigenvalue weighted by atomic mass is 10.1. The third kappa shape index (κ3) is 5.96. The number of unbranched alkanes of at least 4 members (excludes halogenated alkanes) is 3. The predicted molar refractivity (Wildman–Crippen MR) is 83.2 cm³/mol. The van der Waals surface area contributed by atoms with Crippen LogP contribution in [0.5, 0.6) is 0 Å². The van der Waals surface area contributed by atoms with Crippen molar-refractivity contribution in [2.75, 3.05) is 23.9 Å². The van der Waals surface area contributed by atoms with Gasteiger partial charge in [0.25, 0.3) is 5.69 Å². The number of nitrogens with zero attached hydrogens (tertiary/aromatic N) is 1. The van der Waals surface area contributed by atoms with E-state index in [2.05, 4.69) is 11.6 Å². The number of hydrogen-bond donors (Lipinski definition) is 1. The predicted octanol–water partition coefficient (Wildman–Crippen LogP) is 4.24. The smallest absolute Gasteiger partial charge is 0.269 e. The highest BCUT2D eigenvalue weighted by molar-refractivity contribution is 7.98. The number of nitro groups is 1. The standard InChI is InChI=1S/C14H22N2O2S/c1-12-11-13(16(17)18)7-8-14(12)15-9-5-3-4-6-10-19-2/h7-8,11,15H,3-6,9-10H2,1-2H3. The maximum absolute atomic E-state index is 10.6. The van der Waals surface area contributed by atoms with Gasteiger partial charge in [0, 0.05) is 24.4 Å². The minimum atomic E-state index is -0.359. The lowest BCUT2D eigenvalue weighted by Crippen LogP contribution is -2.03. The van der Waals surface area contributed by atoms with Crippen LogP contribution in [0.15, 0.2) is 18.2 Å². The van der Waals surface area contributed by atoms with E-state index in [4.69, 9.17) is 0 Å². The monoisotopic (exact) mass is 282 g/mol. The Morgan fingerprint density at radius 3 is 2.63 bits per heavy atom. The second-order valence-corrected chi connectivity index (χ2v) is 5.58. The molecule has 19 heavy (non-hydrogen) atoms. The Labute approximate surface area is 119 Å². The Kier molecular flexibility index (Phi) is 7.33. The molecule has 5 heteroatoms. The second-order valence-electron chi connectivity index (χ2n) is 4.59. The zero-order valence-corrected chi connectivity index (χ0v) is 12.5. The van der Waals surface area contributed by atoms with Gasteiger partial charge in [-0.05, 0) is 43.4 Å². The van der Waals surface area contributed by atoms with Crippen LogP contribution in [-0.2, 0) is 0 Å². The van der Waals surface area contributed by atoms with E-state index in [1.54, 1.807) is 18.2 Å². The lowest BCUT2D eigenvalue weighted by molar-refractivity contribution is -0.384. The first kappa shape index (κ1) is 15.8. The third-order valence-electron chi connectivity index (χ3n) is 3.01. The molecule has 1 N–H and O–H groups in total. The summed E-state index contributed by atoms with van der Waals surface area (Å²) in [4.78, 5) is 10.3. The number of hydrogen-bond acceptors (Lipinski definition) is 4. The molecule has 0 atom stereocenters. The first-order chi connectivity index (χ1) is 9.15. The van der Waals surface area contributed by atoms with E-state index in [1.165, 1.54) is 25.0 Å². The van der Waals surface area contributed by atoms with E-state index in [9.17, 15) is 10.1 Å². The molecule has 0 saturated carbocycles. The topological polar surface area (TPSA) is 55.2 Å². The van der Waals surface area contributed by atoms with E-state index in [0.717, 1.165) is 24.2 Å². The zero-order chi connectivity index (χ0) is 14.1. The van der Waals surface area contributed by atoms with Crippen LogP contribution in [-0.4, -0.2) is 23.5 Å². The lowest BCUT2D eigenvalue weighted by Gasteiger charge is -2.09. The number of non-ortho nitro benzene ring substituents is 1. The van der Waals surface area contributed by atoms with Crippen LogP contribution in [0, 0.1) is 17.0 Å². The molecule has 1 aromatic rings. The van der Waals surface area contributed by atoms with Crippen LogP contribution in [0.3, 0.4) is 0 Å². The van der Waals surface area contributed by atoms with Crippen molar-refractivity contribution in [3.8, 4) is 0 Å². The summed E-state index contributed by atoms with van der Waals surface area (Å²) >= 11 is 1.90. The first-order valence-electron chi connectivity index (χ1n) is 6.63. The molecule has 0 aliphatic carbocycles. The van der Waals surface area contributed by atoms with E-state index in [0.29, 0.717) is 0 Å². The van der Waals surface area contributed by atoms with Gasteiger partial charge in [-0.25, -0.2) is 0 Å². The molecule has 0 saturated heterocycles. The van der Waals surface area contributed by atoms with Crippen molar-refractivity contribution in [3.05, 3.63) is 33.9 Å². The van der Waals surface area contributed by atoms with Gasteiger partial charge in [-0.1, -0.05) is 12.8 Å². The highest BCUT2D eigenvalue weighted by Gasteiger charge is 2.07. The molecule has 0 radical (unpaired) electrons. The van der Waals surface area contributed by atoms with Crippen LogP contribution in [0.4, 0.5) is 11.4 Å². The molecule has 0 aliphatic rings. The summed E-state index contributed by atoms with van der Waals surface area (Å²) in [6, 6.07) is 4.95. The molecule has 0 fully saturated rings. The van der Waals surface area contributed by atoms with E-state index >= 15 is 0 Å². The van der Waals surface area contributed by atoms with Crippen LogP contribution < -0.4 is 5.32 Å². The second kappa shape index (κ2) is 8.80. The van der Waals surface area contributed by atoms with Gasteiger partial charge in [0.1, 0.15) is 0 Å². The van der Waals surface area contributed by atoms with Crippen molar-refractivity contribution in [3.63, 3.8) is 0 Å². The Hall–Kier alpha value is -1.23. The van der Waals surface area contributed by atoms with Gasteiger partial charge in [-0.2, -0.15) is 11.8 Å². The number of aryl methyl sites for hydroxylation is 1. The number of nitro benzene ring substituents is 1. The molecule has 0 amide bonds. The van der Waals surface area contributed by atoms with Crippen molar-refractivity contribution in [1.82, 2.24) is 0 Å². The summed E-state index contributed by atoms with van der Waals surface area (Å²) in [6.07, 6.45) is 7.09.